The van der Waals surface area contributed by atoms with Crippen LogP contribution in [0.25, 0.3) is 11.0 Å². The number of benzene rings is 1. The van der Waals surface area contributed by atoms with Gasteiger partial charge in [0.1, 0.15) is 12.1 Å². The topological polar surface area (TPSA) is 54.9 Å². The van der Waals surface area contributed by atoms with Crippen molar-refractivity contribution in [2.45, 2.75) is 58.0 Å². The van der Waals surface area contributed by atoms with E-state index in [-0.39, 0.29) is 12.2 Å². The number of quaternary nitrogens is 1. The molecule has 0 aliphatic carbocycles. The van der Waals surface area contributed by atoms with E-state index in [1.165, 1.54) is 23.3 Å². The van der Waals surface area contributed by atoms with Crippen molar-refractivity contribution >= 4 is 11.0 Å². The highest BCUT2D eigenvalue weighted by Gasteiger charge is 2.26. The van der Waals surface area contributed by atoms with Gasteiger partial charge in [-0.2, -0.15) is 0 Å². The van der Waals surface area contributed by atoms with Crippen LogP contribution in [0.2, 0.25) is 0 Å². The fourth-order valence-electron chi connectivity index (χ4n) is 3.88. The maximum Gasteiger partial charge on any atom is 0.336 e. The van der Waals surface area contributed by atoms with Crippen LogP contribution < -0.4 is 10.5 Å². The zero-order valence-corrected chi connectivity index (χ0v) is 14.7. The molecule has 3 rings (SSSR count). The predicted octanol–water partition coefficient (Wildman–Crippen LogP) is 2.24. The number of likely N-dealkylation sites (tertiary alicyclic amines) is 1. The van der Waals surface area contributed by atoms with E-state index in [0.717, 1.165) is 36.9 Å². The Labute approximate surface area is 143 Å². The standard InChI is InChI=1S/C20H27NO3/c1-14(2)15-6-7-19-18(11-15)16(12-20(23)24-19)13-21-9-4-3-5-17(21)8-10-22/h6-7,11-12,14,17,22H,3-5,8-10,13H2,1-2H3/p+1/t17-/m0/s1. The molecule has 4 heteroatoms. The van der Waals surface area contributed by atoms with E-state index < -0.39 is 0 Å². The minimum atomic E-state index is -0.273. The van der Waals surface area contributed by atoms with Crippen molar-refractivity contribution < 1.29 is 14.4 Å². The van der Waals surface area contributed by atoms with Gasteiger partial charge in [-0.1, -0.05) is 19.9 Å². The van der Waals surface area contributed by atoms with Gasteiger partial charge in [0.15, 0.2) is 0 Å². The van der Waals surface area contributed by atoms with E-state index in [9.17, 15) is 9.90 Å². The molecular weight excluding hydrogens is 302 g/mol. The summed E-state index contributed by atoms with van der Waals surface area (Å²) in [7, 11) is 0. The first-order valence-corrected chi connectivity index (χ1v) is 9.10. The number of aliphatic hydroxyl groups excluding tert-OH is 1. The Morgan fingerprint density at radius 3 is 2.88 bits per heavy atom. The van der Waals surface area contributed by atoms with E-state index in [1.807, 2.05) is 12.1 Å². The van der Waals surface area contributed by atoms with Gasteiger partial charge in [0.25, 0.3) is 0 Å². The van der Waals surface area contributed by atoms with Gasteiger partial charge >= 0.3 is 5.63 Å². The van der Waals surface area contributed by atoms with Crippen molar-refractivity contribution in [3.63, 3.8) is 0 Å². The maximum absolute atomic E-state index is 12.0. The second-order valence-electron chi connectivity index (χ2n) is 7.29. The Hall–Kier alpha value is -1.65. The van der Waals surface area contributed by atoms with E-state index in [0.29, 0.717) is 17.5 Å². The molecular formula is C20H28NO3+. The van der Waals surface area contributed by atoms with Gasteiger partial charge in [0, 0.05) is 30.0 Å². The summed E-state index contributed by atoms with van der Waals surface area (Å²) < 4.78 is 5.40. The van der Waals surface area contributed by atoms with Crippen molar-refractivity contribution in [3.8, 4) is 0 Å². The molecule has 2 heterocycles. The average molecular weight is 330 g/mol. The van der Waals surface area contributed by atoms with Crippen LogP contribution in [-0.4, -0.2) is 24.3 Å². The van der Waals surface area contributed by atoms with Crippen LogP contribution in [0, 0.1) is 0 Å². The summed E-state index contributed by atoms with van der Waals surface area (Å²) in [5, 5.41) is 10.4. The molecule has 2 N–H and O–H groups in total. The van der Waals surface area contributed by atoms with Crippen molar-refractivity contribution in [1.29, 1.82) is 0 Å². The van der Waals surface area contributed by atoms with Gasteiger partial charge in [-0.3, -0.25) is 0 Å². The molecule has 1 unspecified atom stereocenters. The molecule has 1 fully saturated rings. The molecule has 0 spiro atoms. The minimum absolute atomic E-state index is 0.239. The number of piperidine rings is 1. The summed E-state index contributed by atoms with van der Waals surface area (Å²) in [6, 6.07) is 8.28. The summed E-state index contributed by atoms with van der Waals surface area (Å²) in [4.78, 5) is 13.4. The molecule has 24 heavy (non-hydrogen) atoms. The van der Waals surface area contributed by atoms with E-state index in [1.54, 1.807) is 6.07 Å². The molecule has 0 radical (unpaired) electrons. The maximum atomic E-state index is 12.0. The summed E-state index contributed by atoms with van der Waals surface area (Å²) in [5.41, 5.74) is 2.74. The monoisotopic (exact) mass is 330 g/mol. The van der Waals surface area contributed by atoms with Crippen LogP contribution in [-0.2, 0) is 6.54 Å². The van der Waals surface area contributed by atoms with Gasteiger partial charge < -0.3 is 14.4 Å². The van der Waals surface area contributed by atoms with Crippen molar-refractivity contribution in [2.75, 3.05) is 13.2 Å². The van der Waals surface area contributed by atoms with Gasteiger partial charge in [-0.15, -0.1) is 0 Å². The Bertz CT molecular complexity index is 748. The second kappa shape index (κ2) is 7.49. The Balaban J connectivity index is 1.97. The smallest absolute Gasteiger partial charge is 0.336 e. The molecule has 0 bridgehead atoms. The Kier molecular flexibility index (Phi) is 5.36. The third-order valence-electron chi connectivity index (χ3n) is 5.29. The van der Waals surface area contributed by atoms with Gasteiger partial charge in [-0.05, 0) is 42.9 Å². The normalized spacial score (nSPS) is 21.5. The number of nitrogens with one attached hydrogen (secondary N) is 1. The lowest BCUT2D eigenvalue weighted by Crippen LogP contribution is -3.15. The van der Waals surface area contributed by atoms with Gasteiger partial charge in [0.2, 0.25) is 0 Å². The number of aliphatic hydroxyl groups is 1. The number of fused-ring (bicyclic) bond motifs is 1. The highest BCUT2D eigenvalue weighted by Crippen LogP contribution is 2.23. The first-order valence-electron chi connectivity index (χ1n) is 9.10. The lowest BCUT2D eigenvalue weighted by atomic mass is 9.97. The van der Waals surface area contributed by atoms with Gasteiger partial charge in [0.05, 0.1) is 12.6 Å². The fourth-order valence-corrected chi connectivity index (χ4v) is 3.88. The third-order valence-corrected chi connectivity index (χ3v) is 5.29. The third kappa shape index (κ3) is 3.70. The largest absolute Gasteiger partial charge is 0.423 e. The van der Waals surface area contributed by atoms with Crippen LogP contribution in [0.1, 0.15) is 56.6 Å². The number of hydrogen-bond donors (Lipinski definition) is 2. The molecule has 1 aliphatic heterocycles. The Morgan fingerprint density at radius 2 is 2.12 bits per heavy atom. The summed E-state index contributed by atoms with van der Waals surface area (Å²) in [5.74, 6) is 0.443. The van der Waals surface area contributed by atoms with Crippen molar-refractivity contribution in [2.24, 2.45) is 0 Å². The van der Waals surface area contributed by atoms with Crippen LogP contribution >= 0.6 is 0 Å². The van der Waals surface area contributed by atoms with E-state index in [4.69, 9.17) is 4.42 Å². The summed E-state index contributed by atoms with van der Waals surface area (Å²) in [6.07, 6.45) is 4.45. The average Bonchev–Trinajstić information content (AvgIpc) is 2.56. The zero-order valence-electron chi connectivity index (χ0n) is 14.7. The molecule has 0 amide bonds. The molecule has 1 aliphatic rings. The Morgan fingerprint density at radius 1 is 1.29 bits per heavy atom. The van der Waals surface area contributed by atoms with E-state index in [2.05, 4.69) is 19.9 Å². The van der Waals surface area contributed by atoms with Gasteiger partial charge in [-0.25, -0.2) is 4.79 Å². The molecule has 1 aromatic heterocycles. The second-order valence-corrected chi connectivity index (χ2v) is 7.29. The summed E-state index contributed by atoms with van der Waals surface area (Å²) >= 11 is 0. The predicted molar refractivity (Wildman–Crippen MR) is 95.4 cm³/mol. The quantitative estimate of drug-likeness (QED) is 0.827. The zero-order chi connectivity index (χ0) is 17.1. The highest BCUT2D eigenvalue weighted by atomic mass is 16.4. The van der Waals surface area contributed by atoms with Crippen LogP contribution in [0.4, 0.5) is 0 Å². The molecule has 4 nitrogen and oxygen atoms in total. The molecule has 1 saturated heterocycles. The van der Waals surface area contributed by atoms with Crippen LogP contribution in [0.5, 0.6) is 0 Å². The fraction of sp³-hybridized carbons (Fsp3) is 0.550. The summed E-state index contributed by atoms with van der Waals surface area (Å²) in [6.45, 7) is 6.52. The van der Waals surface area contributed by atoms with Crippen LogP contribution in [0.3, 0.4) is 0 Å². The van der Waals surface area contributed by atoms with Crippen molar-refractivity contribution in [3.05, 3.63) is 45.8 Å². The minimum Gasteiger partial charge on any atom is -0.423 e. The SMILES string of the molecule is CC(C)c1ccc2oc(=O)cc(C[NH+]3CCCC[C@H]3CCO)c2c1. The van der Waals surface area contributed by atoms with Crippen molar-refractivity contribution in [1.82, 2.24) is 0 Å². The van der Waals surface area contributed by atoms with E-state index >= 15 is 0 Å². The first-order chi connectivity index (χ1) is 11.6. The first kappa shape index (κ1) is 17.2. The molecule has 2 atom stereocenters. The lowest BCUT2D eigenvalue weighted by molar-refractivity contribution is -0.944. The highest BCUT2D eigenvalue weighted by molar-refractivity contribution is 5.80. The molecule has 1 aromatic carbocycles. The molecule has 2 aromatic rings. The number of rotatable bonds is 5. The number of hydrogen-bond acceptors (Lipinski definition) is 3. The lowest BCUT2D eigenvalue weighted by Gasteiger charge is -2.32. The molecule has 0 saturated carbocycles. The van der Waals surface area contributed by atoms with Crippen LogP contribution in [0.15, 0.2) is 33.5 Å². The molecule has 130 valence electrons.